The fourth-order valence-corrected chi connectivity index (χ4v) is 3.09. The Morgan fingerprint density at radius 1 is 1.04 bits per heavy atom. The molecule has 0 aliphatic rings. The SMILES string of the molecule is Cc1cccc(N(Cc2cc3ccccc3[nH]c2=O)C(=O)c2ccco2)c1. The number of benzene rings is 2. The number of carbonyl (C=O) groups excluding carboxylic acids is 1. The number of aromatic amines is 1. The molecule has 4 rings (SSSR count). The van der Waals surface area contributed by atoms with Crippen LogP contribution >= 0.6 is 0 Å². The van der Waals surface area contributed by atoms with Gasteiger partial charge in [0.25, 0.3) is 11.5 Å². The van der Waals surface area contributed by atoms with Gasteiger partial charge in [-0.15, -0.1) is 0 Å². The minimum atomic E-state index is -0.293. The number of pyridine rings is 1. The number of para-hydroxylation sites is 1. The van der Waals surface area contributed by atoms with E-state index in [1.54, 1.807) is 17.0 Å². The maximum atomic E-state index is 13.0. The van der Waals surface area contributed by atoms with E-state index < -0.39 is 0 Å². The van der Waals surface area contributed by atoms with Crippen LogP contribution in [0.25, 0.3) is 10.9 Å². The van der Waals surface area contributed by atoms with Crippen molar-refractivity contribution in [3.63, 3.8) is 0 Å². The molecule has 0 unspecified atom stereocenters. The third-order valence-corrected chi connectivity index (χ3v) is 4.45. The largest absolute Gasteiger partial charge is 0.459 e. The number of aromatic nitrogens is 1. The molecular weight excluding hydrogens is 340 g/mol. The van der Waals surface area contributed by atoms with Gasteiger partial charge in [-0.1, -0.05) is 30.3 Å². The first-order chi connectivity index (χ1) is 13.1. The summed E-state index contributed by atoms with van der Waals surface area (Å²) in [5.74, 6) is -0.0631. The predicted octanol–water partition coefficient (Wildman–Crippen LogP) is 4.28. The lowest BCUT2D eigenvalue weighted by Gasteiger charge is -2.22. The van der Waals surface area contributed by atoms with Crippen LogP contribution in [0.3, 0.4) is 0 Å². The van der Waals surface area contributed by atoms with E-state index in [2.05, 4.69) is 4.98 Å². The Morgan fingerprint density at radius 3 is 2.67 bits per heavy atom. The number of H-pyrrole nitrogens is 1. The summed E-state index contributed by atoms with van der Waals surface area (Å²) in [6, 6.07) is 20.3. The zero-order valence-electron chi connectivity index (χ0n) is 14.8. The third-order valence-electron chi connectivity index (χ3n) is 4.45. The van der Waals surface area contributed by atoms with Gasteiger partial charge in [-0.05, 0) is 54.3 Å². The molecule has 4 aromatic rings. The maximum absolute atomic E-state index is 13.0. The van der Waals surface area contributed by atoms with Crippen LogP contribution < -0.4 is 10.5 Å². The highest BCUT2D eigenvalue weighted by atomic mass is 16.3. The van der Waals surface area contributed by atoms with Crippen LogP contribution in [0.15, 0.2) is 82.2 Å². The van der Waals surface area contributed by atoms with Gasteiger partial charge in [0, 0.05) is 16.8 Å². The van der Waals surface area contributed by atoms with Crippen molar-refractivity contribution in [1.82, 2.24) is 4.98 Å². The first-order valence-electron chi connectivity index (χ1n) is 8.65. The molecule has 5 heteroatoms. The summed E-state index contributed by atoms with van der Waals surface area (Å²) >= 11 is 0. The lowest BCUT2D eigenvalue weighted by molar-refractivity contribution is 0.0958. The van der Waals surface area contributed by atoms with Gasteiger partial charge in [-0.2, -0.15) is 0 Å². The Morgan fingerprint density at radius 2 is 1.89 bits per heavy atom. The molecule has 2 aromatic heterocycles. The molecule has 0 aliphatic carbocycles. The van der Waals surface area contributed by atoms with Crippen molar-refractivity contribution >= 4 is 22.5 Å². The van der Waals surface area contributed by atoms with Gasteiger partial charge in [-0.3, -0.25) is 9.59 Å². The summed E-state index contributed by atoms with van der Waals surface area (Å²) in [6.07, 6.45) is 1.46. The summed E-state index contributed by atoms with van der Waals surface area (Å²) < 4.78 is 5.29. The molecule has 1 N–H and O–H groups in total. The molecule has 0 spiro atoms. The van der Waals surface area contributed by atoms with Crippen LogP contribution in [0.5, 0.6) is 0 Å². The summed E-state index contributed by atoms with van der Waals surface area (Å²) in [4.78, 5) is 30.0. The second-order valence-electron chi connectivity index (χ2n) is 6.42. The van der Waals surface area contributed by atoms with Gasteiger partial charge in [0.1, 0.15) is 0 Å². The average molecular weight is 358 g/mol. The van der Waals surface area contributed by atoms with Crippen molar-refractivity contribution in [2.45, 2.75) is 13.5 Å². The number of hydrogen-bond donors (Lipinski definition) is 1. The predicted molar refractivity (Wildman–Crippen MR) is 105 cm³/mol. The molecule has 5 nitrogen and oxygen atoms in total. The summed E-state index contributed by atoms with van der Waals surface area (Å²) in [5, 5.41) is 0.918. The zero-order valence-corrected chi connectivity index (χ0v) is 14.8. The number of aryl methyl sites for hydroxylation is 1. The van der Waals surface area contributed by atoms with Gasteiger partial charge in [0.05, 0.1) is 12.8 Å². The zero-order chi connectivity index (χ0) is 18.8. The number of carbonyl (C=O) groups is 1. The van der Waals surface area contributed by atoms with Crippen LogP contribution in [-0.4, -0.2) is 10.9 Å². The van der Waals surface area contributed by atoms with Gasteiger partial charge in [-0.25, -0.2) is 0 Å². The van der Waals surface area contributed by atoms with E-state index in [-0.39, 0.29) is 23.8 Å². The number of anilines is 1. The van der Waals surface area contributed by atoms with E-state index in [1.807, 2.05) is 61.5 Å². The Balaban J connectivity index is 1.78. The van der Waals surface area contributed by atoms with Crippen LogP contribution in [0.4, 0.5) is 5.69 Å². The molecule has 0 radical (unpaired) electrons. The monoisotopic (exact) mass is 358 g/mol. The molecular formula is C22H18N2O3. The third kappa shape index (κ3) is 3.40. The van der Waals surface area contributed by atoms with Crippen LogP contribution in [0, 0.1) is 6.92 Å². The Bertz CT molecular complexity index is 1160. The number of rotatable bonds is 4. The standard InChI is InChI=1S/C22H18N2O3/c1-15-6-4-8-18(12-15)24(22(26)20-10-5-11-27-20)14-17-13-16-7-2-3-9-19(16)23-21(17)25/h2-13H,14H2,1H3,(H,23,25). The van der Waals surface area contributed by atoms with E-state index >= 15 is 0 Å². The highest BCUT2D eigenvalue weighted by molar-refractivity contribution is 6.04. The van der Waals surface area contributed by atoms with Gasteiger partial charge in [0.2, 0.25) is 0 Å². The summed E-state index contributed by atoms with van der Waals surface area (Å²) in [6.45, 7) is 2.10. The van der Waals surface area contributed by atoms with E-state index in [4.69, 9.17) is 4.42 Å². The van der Waals surface area contributed by atoms with Crippen molar-refractivity contribution in [2.24, 2.45) is 0 Å². The molecule has 2 heterocycles. The van der Waals surface area contributed by atoms with Crippen molar-refractivity contribution in [1.29, 1.82) is 0 Å². The Kier molecular flexibility index (Phi) is 4.34. The highest BCUT2D eigenvalue weighted by Gasteiger charge is 2.22. The number of nitrogens with one attached hydrogen (secondary N) is 1. The summed E-state index contributed by atoms with van der Waals surface area (Å²) in [5.41, 5.74) is 2.81. The van der Waals surface area contributed by atoms with Crippen molar-refractivity contribution in [2.75, 3.05) is 4.90 Å². The number of furan rings is 1. The molecule has 27 heavy (non-hydrogen) atoms. The van der Waals surface area contributed by atoms with E-state index in [0.717, 1.165) is 16.5 Å². The highest BCUT2D eigenvalue weighted by Crippen LogP contribution is 2.22. The molecule has 1 amide bonds. The molecule has 0 atom stereocenters. The second-order valence-corrected chi connectivity index (χ2v) is 6.42. The van der Waals surface area contributed by atoms with E-state index in [1.165, 1.54) is 6.26 Å². The Hall–Kier alpha value is -3.60. The lowest BCUT2D eigenvalue weighted by Crippen LogP contribution is -2.32. The molecule has 0 aliphatic heterocycles. The number of amides is 1. The molecule has 0 saturated carbocycles. The summed E-state index contributed by atoms with van der Waals surface area (Å²) in [7, 11) is 0. The van der Waals surface area contributed by atoms with Gasteiger partial charge in [0.15, 0.2) is 5.76 Å². The fraction of sp³-hybridized carbons (Fsp3) is 0.0909. The average Bonchev–Trinajstić information content (AvgIpc) is 3.20. The number of nitrogens with zero attached hydrogens (tertiary/aromatic N) is 1. The quantitative estimate of drug-likeness (QED) is 0.592. The van der Waals surface area contributed by atoms with Gasteiger partial charge < -0.3 is 14.3 Å². The van der Waals surface area contributed by atoms with Crippen LogP contribution in [0.2, 0.25) is 0 Å². The smallest absolute Gasteiger partial charge is 0.294 e. The maximum Gasteiger partial charge on any atom is 0.294 e. The molecule has 0 fully saturated rings. The second kappa shape index (κ2) is 6.96. The van der Waals surface area contributed by atoms with E-state index in [9.17, 15) is 9.59 Å². The van der Waals surface area contributed by atoms with Crippen LogP contribution in [0.1, 0.15) is 21.7 Å². The molecule has 2 aromatic carbocycles. The normalized spacial score (nSPS) is 10.9. The fourth-order valence-electron chi connectivity index (χ4n) is 3.09. The minimum Gasteiger partial charge on any atom is -0.459 e. The minimum absolute atomic E-state index is 0.142. The Labute approximate surface area is 155 Å². The van der Waals surface area contributed by atoms with Crippen molar-refractivity contribution in [3.05, 3.63) is 100 Å². The first kappa shape index (κ1) is 16.8. The van der Waals surface area contributed by atoms with Gasteiger partial charge >= 0.3 is 0 Å². The molecule has 0 bridgehead atoms. The number of fused-ring (bicyclic) bond motifs is 1. The topological polar surface area (TPSA) is 66.3 Å². The number of hydrogen-bond acceptors (Lipinski definition) is 3. The van der Waals surface area contributed by atoms with E-state index in [0.29, 0.717) is 11.3 Å². The van der Waals surface area contributed by atoms with Crippen LogP contribution in [-0.2, 0) is 6.54 Å². The molecule has 134 valence electrons. The van der Waals surface area contributed by atoms with Crippen molar-refractivity contribution in [3.8, 4) is 0 Å². The molecule has 0 saturated heterocycles. The lowest BCUT2D eigenvalue weighted by atomic mass is 10.1. The van der Waals surface area contributed by atoms with Crippen molar-refractivity contribution < 1.29 is 9.21 Å². The first-order valence-corrected chi connectivity index (χ1v) is 8.65.